The maximum atomic E-state index is 11.0. The van der Waals surface area contributed by atoms with Gasteiger partial charge >= 0.3 is 0 Å². The molecule has 0 saturated carbocycles. The molecule has 0 amide bonds. The third-order valence-corrected chi connectivity index (χ3v) is 2.87. The van der Waals surface area contributed by atoms with Crippen LogP contribution in [0.25, 0.3) is 0 Å². The van der Waals surface area contributed by atoms with E-state index >= 15 is 0 Å². The predicted molar refractivity (Wildman–Crippen MR) is 59.0 cm³/mol. The lowest BCUT2D eigenvalue weighted by molar-refractivity contribution is 0.176. The first kappa shape index (κ1) is 11.3. The summed E-state index contributed by atoms with van der Waals surface area (Å²) in [7, 11) is 0. The minimum atomic E-state index is -0.0832. The van der Waals surface area contributed by atoms with Gasteiger partial charge in [-0.25, -0.2) is 5.11 Å². The molecule has 0 aliphatic heterocycles. The molecule has 77 valence electrons. The Kier molecular flexibility index (Phi) is 4.15. The second kappa shape index (κ2) is 5.16. The number of hydrogen-bond donors (Lipinski definition) is 0. The average Bonchev–Trinajstić information content (AvgIpc) is 2.26. The van der Waals surface area contributed by atoms with Crippen molar-refractivity contribution in [3.8, 4) is 0 Å². The molecular weight excluding hydrogens is 172 g/mol. The fraction of sp³-hybridized carbons (Fsp3) is 0.538. The van der Waals surface area contributed by atoms with Gasteiger partial charge < -0.3 is 0 Å². The molecule has 1 aromatic carbocycles. The largest absolute Gasteiger partial charge is 0.232 e. The lowest BCUT2D eigenvalue weighted by atomic mass is 9.92. The van der Waals surface area contributed by atoms with Gasteiger partial charge in [-0.15, -0.1) is 0 Å². The highest BCUT2D eigenvalue weighted by Gasteiger charge is 2.08. The first-order valence-corrected chi connectivity index (χ1v) is 5.48. The molecule has 1 nitrogen and oxygen atoms in total. The summed E-state index contributed by atoms with van der Waals surface area (Å²) in [4.78, 5) is 0. The molecule has 14 heavy (non-hydrogen) atoms. The van der Waals surface area contributed by atoms with Crippen LogP contribution in [0, 0.1) is 0 Å². The third-order valence-electron chi connectivity index (χ3n) is 2.87. The van der Waals surface area contributed by atoms with E-state index < -0.39 is 0 Å². The van der Waals surface area contributed by atoms with Crippen LogP contribution in [0.4, 0.5) is 0 Å². The van der Waals surface area contributed by atoms with Gasteiger partial charge in [0.1, 0.15) is 6.61 Å². The average molecular weight is 191 g/mol. The summed E-state index contributed by atoms with van der Waals surface area (Å²) in [5.74, 6) is 0. The van der Waals surface area contributed by atoms with Crippen LogP contribution in [0.15, 0.2) is 12.1 Å². The summed E-state index contributed by atoms with van der Waals surface area (Å²) in [6.45, 7) is 6.39. The highest BCUT2D eigenvalue weighted by molar-refractivity contribution is 5.41. The van der Waals surface area contributed by atoms with Crippen LogP contribution < -0.4 is 0 Å². The van der Waals surface area contributed by atoms with Crippen LogP contribution in [0.5, 0.6) is 0 Å². The monoisotopic (exact) mass is 191 g/mol. The number of rotatable bonds is 4. The fourth-order valence-electron chi connectivity index (χ4n) is 2.14. The number of benzene rings is 1. The van der Waals surface area contributed by atoms with E-state index in [-0.39, 0.29) is 6.61 Å². The molecule has 0 heterocycles. The Balaban J connectivity index is 3.28. The van der Waals surface area contributed by atoms with Crippen molar-refractivity contribution >= 4 is 0 Å². The zero-order valence-corrected chi connectivity index (χ0v) is 9.39. The normalized spacial score (nSPS) is 10.6. The molecular formula is C13H19O. The summed E-state index contributed by atoms with van der Waals surface area (Å²) in [5, 5.41) is 11.0. The van der Waals surface area contributed by atoms with E-state index in [1.54, 1.807) is 0 Å². The third kappa shape index (κ3) is 1.98. The zero-order valence-electron chi connectivity index (χ0n) is 9.39. The molecule has 1 rings (SSSR count). The molecule has 0 fully saturated rings. The van der Waals surface area contributed by atoms with E-state index in [1.807, 2.05) is 6.07 Å². The van der Waals surface area contributed by atoms with E-state index in [9.17, 15) is 5.11 Å². The molecule has 0 saturated heterocycles. The molecule has 0 unspecified atom stereocenters. The maximum Gasteiger partial charge on any atom is 0.108 e. The van der Waals surface area contributed by atoms with Crippen LogP contribution in [-0.4, -0.2) is 0 Å². The van der Waals surface area contributed by atoms with Crippen LogP contribution in [0.2, 0.25) is 0 Å². The van der Waals surface area contributed by atoms with Gasteiger partial charge in [-0.05, 0) is 41.5 Å². The van der Waals surface area contributed by atoms with Crippen molar-refractivity contribution in [1.82, 2.24) is 0 Å². The Morgan fingerprint density at radius 3 is 1.79 bits per heavy atom. The van der Waals surface area contributed by atoms with Crippen LogP contribution >= 0.6 is 0 Å². The number of hydrogen-bond acceptors (Lipinski definition) is 0. The standard InChI is InChI=1S/C13H19O/c1-4-10-7-8-11(9-14)13(6-3)12(10)5-2/h7-8H,4-6,9H2,1-3H3. The van der Waals surface area contributed by atoms with Crippen molar-refractivity contribution < 1.29 is 5.11 Å². The minimum Gasteiger partial charge on any atom is -0.232 e. The zero-order chi connectivity index (χ0) is 10.6. The second-order valence-electron chi connectivity index (χ2n) is 3.55. The summed E-state index contributed by atoms with van der Waals surface area (Å²) in [5.41, 5.74) is 5.09. The first-order chi connectivity index (χ1) is 6.78. The summed E-state index contributed by atoms with van der Waals surface area (Å²) in [6, 6.07) is 4.12. The molecule has 1 aromatic rings. The highest BCUT2D eigenvalue weighted by atomic mass is 16.3. The maximum absolute atomic E-state index is 11.0. The van der Waals surface area contributed by atoms with Crippen molar-refractivity contribution in [1.29, 1.82) is 0 Å². The molecule has 0 atom stereocenters. The van der Waals surface area contributed by atoms with Gasteiger partial charge in [0.2, 0.25) is 0 Å². The van der Waals surface area contributed by atoms with Crippen LogP contribution in [-0.2, 0) is 31.0 Å². The molecule has 0 N–H and O–H groups in total. The van der Waals surface area contributed by atoms with Gasteiger partial charge in [0.25, 0.3) is 0 Å². The first-order valence-electron chi connectivity index (χ1n) is 5.48. The van der Waals surface area contributed by atoms with Gasteiger partial charge in [0.15, 0.2) is 0 Å². The van der Waals surface area contributed by atoms with Gasteiger partial charge in [0, 0.05) is 0 Å². The SMILES string of the molecule is CCc1ccc(C[O])c(CC)c1CC. The van der Waals surface area contributed by atoms with Crippen LogP contribution in [0.3, 0.4) is 0 Å². The molecule has 0 aromatic heterocycles. The van der Waals surface area contributed by atoms with E-state index in [4.69, 9.17) is 0 Å². The van der Waals surface area contributed by atoms with Crippen molar-refractivity contribution in [2.24, 2.45) is 0 Å². The quantitative estimate of drug-likeness (QED) is 0.696. The van der Waals surface area contributed by atoms with Gasteiger partial charge in [-0.1, -0.05) is 32.9 Å². The van der Waals surface area contributed by atoms with Crippen molar-refractivity contribution in [3.05, 3.63) is 34.4 Å². The molecule has 1 heteroatoms. The second-order valence-corrected chi connectivity index (χ2v) is 3.55. The van der Waals surface area contributed by atoms with E-state index in [0.29, 0.717) is 0 Å². The lowest BCUT2D eigenvalue weighted by Gasteiger charge is -2.14. The Bertz CT molecular complexity index is 271. The Morgan fingerprint density at radius 2 is 1.36 bits per heavy atom. The van der Waals surface area contributed by atoms with Gasteiger partial charge in [-0.2, -0.15) is 0 Å². The fourth-order valence-corrected chi connectivity index (χ4v) is 2.14. The Hall–Kier alpha value is -0.820. The smallest absolute Gasteiger partial charge is 0.108 e. The lowest BCUT2D eigenvalue weighted by Crippen LogP contribution is -2.02. The van der Waals surface area contributed by atoms with Crippen molar-refractivity contribution in [2.45, 2.75) is 46.6 Å². The molecule has 0 aliphatic rings. The number of aryl methyl sites for hydroxylation is 1. The molecule has 1 radical (unpaired) electrons. The molecule has 0 aliphatic carbocycles. The summed E-state index contributed by atoms with van der Waals surface area (Å²) in [6.07, 6.45) is 3.09. The van der Waals surface area contributed by atoms with E-state index in [2.05, 4.69) is 26.8 Å². The summed E-state index contributed by atoms with van der Waals surface area (Å²) < 4.78 is 0. The predicted octanol–water partition coefficient (Wildman–Crippen LogP) is 3.30. The van der Waals surface area contributed by atoms with Gasteiger partial charge in [-0.3, -0.25) is 0 Å². The Morgan fingerprint density at radius 1 is 0.857 bits per heavy atom. The van der Waals surface area contributed by atoms with Crippen molar-refractivity contribution in [3.63, 3.8) is 0 Å². The van der Waals surface area contributed by atoms with Gasteiger partial charge in [0.05, 0.1) is 0 Å². The van der Waals surface area contributed by atoms with Crippen molar-refractivity contribution in [2.75, 3.05) is 0 Å². The highest BCUT2D eigenvalue weighted by Crippen LogP contribution is 2.21. The topological polar surface area (TPSA) is 19.9 Å². The Labute approximate surface area is 86.8 Å². The van der Waals surface area contributed by atoms with E-state index in [0.717, 1.165) is 24.8 Å². The minimum absolute atomic E-state index is 0.0832. The van der Waals surface area contributed by atoms with Crippen LogP contribution in [0.1, 0.15) is 43.0 Å². The molecule has 0 bridgehead atoms. The van der Waals surface area contributed by atoms with E-state index in [1.165, 1.54) is 16.7 Å². The molecule has 0 spiro atoms. The summed E-state index contributed by atoms with van der Waals surface area (Å²) >= 11 is 0.